The largest absolute Gasteiger partial charge is 0.391 e. The summed E-state index contributed by atoms with van der Waals surface area (Å²) in [6, 6.07) is 7.13. The first-order valence-corrected chi connectivity index (χ1v) is 7.92. The summed E-state index contributed by atoms with van der Waals surface area (Å²) < 4.78 is 1.44. The van der Waals surface area contributed by atoms with E-state index in [4.69, 9.17) is 0 Å². The van der Waals surface area contributed by atoms with Crippen LogP contribution in [-0.2, 0) is 11.3 Å². The van der Waals surface area contributed by atoms with Crippen molar-refractivity contribution in [1.82, 2.24) is 14.9 Å². The molecule has 0 aliphatic carbocycles. The second-order valence-corrected chi connectivity index (χ2v) is 5.77. The Morgan fingerprint density at radius 1 is 1.39 bits per heavy atom. The van der Waals surface area contributed by atoms with Crippen LogP contribution >= 0.6 is 0 Å². The highest BCUT2D eigenvalue weighted by molar-refractivity contribution is 5.77. The number of hydrogen-bond acceptors (Lipinski definition) is 4. The Morgan fingerprint density at radius 3 is 2.87 bits per heavy atom. The molecule has 23 heavy (non-hydrogen) atoms. The zero-order valence-electron chi connectivity index (χ0n) is 13.5. The molecule has 0 radical (unpaired) electrons. The SMILES string of the molecule is CCC(C)C(O)CNC(=O)CCn1cnc2ccccc2c1=O. The average molecular weight is 317 g/mol. The molecule has 2 N–H and O–H groups in total. The highest BCUT2D eigenvalue weighted by Gasteiger charge is 2.13. The monoisotopic (exact) mass is 317 g/mol. The number of aliphatic hydroxyl groups excluding tert-OH is 1. The zero-order valence-corrected chi connectivity index (χ0v) is 13.5. The van der Waals surface area contributed by atoms with E-state index in [0.717, 1.165) is 6.42 Å². The number of aryl methyl sites for hydroxylation is 1. The Labute approximate surface area is 135 Å². The van der Waals surface area contributed by atoms with Gasteiger partial charge in [-0.15, -0.1) is 0 Å². The highest BCUT2D eigenvalue weighted by atomic mass is 16.3. The molecule has 1 aromatic heterocycles. The maximum Gasteiger partial charge on any atom is 0.261 e. The number of amides is 1. The van der Waals surface area contributed by atoms with E-state index < -0.39 is 6.10 Å². The third-order valence-corrected chi connectivity index (χ3v) is 4.12. The minimum absolute atomic E-state index is 0.141. The van der Waals surface area contributed by atoms with Crippen molar-refractivity contribution in [2.24, 2.45) is 5.92 Å². The summed E-state index contributed by atoms with van der Waals surface area (Å²) in [4.78, 5) is 28.4. The third-order valence-electron chi connectivity index (χ3n) is 4.12. The van der Waals surface area contributed by atoms with Gasteiger partial charge in [-0.1, -0.05) is 32.4 Å². The van der Waals surface area contributed by atoms with Gasteiger partial charge < -0.3 is 10.4 Å². The van der Waals surface area contributed by atoms with Gasteiger partial charge in [-0.3, -0.25) is 14.2 Å². The summed E-state index contributed by atoms with van der Waals surface area (Å²) in [6.07, 6.45) is 1.95. The quantitative estimate of drug-likeness (QED) is 0.806. The van der Waals surface area contributed by atoms with Gasteiger partial charge in [-0.25, -0.2) is 4.98 Å². The number of hydrogen-bond donors (Lipinski definition) is 2. The van der Waals surface area contributed by atoms with E-state index in [1.807, 2.05) is 19.9 Å². The fourth-order valence-corrected chi connectivity index (χ4v) is 2.27. The lowest BCUT2D eigenvalue weighted by Gasteiger charge is -2.17. The number of para-hydroxylation sites is 1. The maximum atomic E-state index is 12.3. The fourth-order valence-electron chi connectivity index (χ4n) is 2.27. The summed E-state index contributed by atoms with van der Waals surface area (Å²) in [5.74, 6) is -0.0463. The predicted octanol–water partition coefficient (Wildman–Crippen LogP) is 1.31. The molecule has 0 aliphatic heterocycles. The number of benzene rings is 1. The van der Waals surface area contributed by atoms with Crippen LogP contribution in [0.25, 0.3) is 10.9 Å². The van der Waals surface area contributed by atoms with E-state index >= 15 is 0 Å². The number of aliphatic hydroxyl groups is 1. The molecule has 2 aromatic rings. The molecular weight excluding hydrogens is 294 g/mol. The van der Waals surface area contributed by atoms with Crippen LogP contribution in [0.5, 0.6) is 0 Å². The molecular formula is C17H23N3O3. The Balaban J connectivity index is 1.92. The van der Waals surface area contributed by atoms with Gasteiger partial charge >= 0.3 is 0 Å². The number of nitrogens with zero attached hydrogens (tertiary/aromatic N) is 2. The van der Waals surface area contributed by atoms with Crippen molar-refractivity contribution < 1.29 is 9.90 Å². The van der Waals surface area contributed by atoms with E-state index in [9.17, 15) is 14.7 Å². The minimum atomic E-state index is -0.547. The van der Waals surface area contributed by atoms with E-state index in [0.29, 0.717) is 10.9 Å². The molecule has 6 nitrogen and oxygen atoms in total. The number of aromatic nitrogens is 2. The molecule has 0 fully saturated rings. The number of rotatable bonds is 7. The second kappa shape index (κ2) is 7.87. The lowest BCUT2D eigenvalue weighted by molar-refractivity contribution is -0.121. The molecule has 2 unspecified atom stereocenters. The first kappa shape index (κ1) is 17.1. The average Bonchev–Trinajstić information content (AvgIpc) is 2.58. The first-order chi connectivity index (χ1) is 11.0. The lowest BCUT2D eigenvalue weighted by Crippen LogP contribution is -2.36. The molecule has 6 heteroatoms. The van der Waals surface area contributed by atoms with Gasteiger partial charge in [-0.05, 0) is 18.1 Å². The van der Waals surface area contributed by atoms with Crippen LogP contribution in [0.1, 0.15) is 26.7 Å². The van der Waals surface area contributed by atoms with E-state index in [1.54, 1.807) is 18.2 Å². The molecule has 0 spiro atoms. The fraction of sp³-hybridized carbons (Fsp3) is 0.471. The van der Waals surface area contributed by atoms with Crippen LogP contribution in [0.15, 0.2) is 35.4 Å². The van der Waals surface area contributed by atoms with Crippen molar-refractivity contribution in [3.05, 3.63) is 40.9 Å². The lowest BCUT2D eigenvalue weighted by atomic mass is 10.0. The van der Waals surface area contributed by atoms with Crippen molar-refractivity contribution >= 4 is 16.8 Å². The van der Waals surface area contributed by atoms with Gasteiger partial charge in [0.1, 0.15) is 0 Å². The number of carbonyl (C=O) groups is 1. The van der Waals surface area contributed by atoms with Crippen LogP contribution in [0, 0.1) is 5.92 Å². The summed E-state index contributed by atoms with van der Waals surface area (Å²) >= 11 is 0. The topological polar surface area (TPSA) is 84.2 Å². The van der Waals surface area contributed by atoms with Crippen molar-refractivity contribution in [3.8, 4) is 0 Å². The van der Waals surface area contributed by atoms with Crippen molar-refractivity contribution in [2.45, 2.75) is 39.3 Å². The van der Waals surface area contributed by atoms with Crippen LogP contribution in [0.3, 0.4) is 0 Å². The minimum Gasteiger partial charge on any atom is -0.391 e. The molecule has 0 saturated carbocycles. The Kier molecular flexibility index (Phi) is 5.87. The van der Waals surface area contributed by atoms with Gasteiger partial charge in [0.2, 0.25) is 5.91 Å². The van der Waals surface area contributed by atoms with Crippen LogP contribution < -0.4 is 10.9 Å². The molecule has 1 aromatic carbocycles. The molecule has 2 atom stereocenters. The van der Waals surface area contributed by atoms with Crippen molar-refractivity contribution in [1.29, 1.82) is 0 Å². The first-order valence-electron chi connectivity index (χ1n) is 7.92. The van der Waals surface area contributed by atoms with Crippen LogP contribution in [0.4, 0.5) is 0 Å². The third kappa shape index (κ3) is 4.39. The van der Waals surface area contributed by atoms with Crippen LogP contribution in [0.2, 0.25) is 0 Å². The van der Waals surface area contributed by atoms with E-state index in [2.05, 4.69) is 10.3 Å². The molecule has 0 aliphatic rings. The normalized spacial score (nSPS) is 13.7. The molecule has 1 heterocycles. The Hall–Kier alpha value is -2.21. The summed E-state index contributed by atoms with van der Waals surface area (Å²) in [7, 11) is 0. The van der Waals surface area contributed by atoms with Gasteiger partial charge in [0, 0.05) is 19.5 Å². The molecule has 124 valence electrons. The predicted molar refractivity (Wildman–Crippen MR) is 89.1 cm³/mol. The van der Waals surface area contributed by atoms with Gasteiger partial charge in [-0.2, -0.15) is 0 Å². The van der Waals surface area contributed by atoms with Crippen LogP contribution in [-0.4, -0.2) is 33.2 Å². The molecule has 0 bridgehead atoms. The maximum absolute atomic E-state index is 12.3. The zero-order chi connectivity index (χ0) is 16.8. The molecule has 1 amide bonds. The van der Waals surface area contributed by atoms with Gasteiger partial charge in [0.15, 0.2) is 0 Å². The molecule has 2 rings (SSSR count). The Morgan fingerprint density at radius 2 is 2.13 bits per heavy atom. The summed E-state index contributed by atoms with van der Waals surface area (Å²) in [5, 5.41) is 13.1. The highest BCUT2D eigenvalue weighted by Crippen LogP contribution is 2.06. The number of nitrogens with one attached hydrogen (secondary N) is 1. The smallest absolute Gasteiger partial charge is 0.261 e. The number of fused-ring (bicyclic) bond motifs is 1. The second-order valence-electron chi connectivity index (χ2n) is 5.77. The summed E-state index contributed by atoms with van der Waals surface area (Å²) in [6.45, 7) is 4.44. The van der Waals surface area contributed by atoms with Gasteiger partial charge in [0.05, 0.1) is 23.3 Å². The van der Waals surface area contributed by atoms with Gasteiger partial charge in [0.25, 0.3) is 5.56 Å². The van der Waals surface area contributed by atoms with Crippen molar-refractivity contribution in [3.63, 3.8) is 0 Å². The van der Waals surface area contributed by atoms with E-state index in [-0.39, 0.29) is 36.9 Å². The summed E-state index contributed by atoms with van der Waals surface area (Å²) in [5.41, 5.74) is 0.498. The Bertz CT molecular complexity index is 726. The van der Waals surface area contributed by atoms with E-state index in [1.165, 1.54) is 10.9 Å². The number of carbonyl (C=O) groups excluding carboxylic acids is 1. The molecule has 0 saturated heterocycles. The van der Waals surface area contributed by atoms with Crippen molar-refractivity contribution in [2.75, 3.05) is 6.54 Å². The standard InChI is InChI=1S/C17H23N3O3/c1-3-12(2)15(21)10-18-16(22)8-9-20-11-19-14-7-5-4-6-13(14)17(20)23/h4-7,11-12,15,21H,3,8-10H2,1-2H3,(H,18,22).